The number of likely N-dealkylation sites (N-methyl/N-ethyl adjacent to an activating group) is 2. The second-order valence-corrected chi connectivity index (χ2v) is 9.37. The van der Waals surface area contributed by atoms with Crippen LogP contribution in [0.2, 0.25) is 0 Å². The van der Waals surface area contributed by atoms with E-state index in [-0.39, 0.29) is 6.04 Å². The number of nitrogens with zero attached hydrogens (tertiary/aromatic N) is 3. The zero-order chi connectivity index (χ0) is 17.9. The van der Waals surface area contributed by atoms with Crippen LogP contribution in [0.1, 0.15) is 23.5 Å². The van der Waals surface area contributed by atoms with Crippen LogP contribution < -0.4 is 4.72 Å². The molecule has 6 nitrogen and oxygen atoms in total. The van der Waals surface area contributed by atoms with E-state index in [1.807, 2.05) is 0 Å². The molecule has 0 amide bonds. The van der Waals surface area contributed by atoms with E-state index in [2.05, 4.69) is 52.7 Å². The van der Waals surface area contributed by atoms with Gasteiger partial charge in [-0.25, -0.2) is 4.72 Å². The van der Waals surface area contributed by atoms with Gasteiger partial charge in [-0.2, -0.15) is 12.7 Å². The third-order valence-electron chi connectivity index (χ3n) is 6.16. The van der Waals surface area contributed by atoms with Crippen molar-refractivity contribution in [2.45, 2.75) is 30.8 Å². The van der Waals surface area contributed by atoms with Gasteiger partial charge in [-0.1, -0.05) is 12.1 Å². The number of likely N-dealkylation sites (tertiary alicyclic amines) is 1. The minimum Gasteiger partial charge on any atom is -0.350 e. The fourth-order valence-electron chi connectivity index (χ4n) is 4.79. The first kappa shape index (κ1) is 17.0. The summed E-state index contributed by atoms with van der Waals surface area (Å²) in [5.41, 5.74) is 4.05. The van der Waals surface area contributed by atoms with Crippen molar-refractivity contribution in [3.05, 3.63) is 35.5 Å². The van der Waals surface area contributed by atoms with Gasteiger partial charge in [0, 0.05) is 62.8 Å². The summed E-state index contributed by atoms with van der Waals surface area (Å²) in [7, 11) is 3.96. The molecule has 4 rings (SSSR count). The van der Waals surface area contributed by atoms with Crippen LogP contribution in [0.3, 0.4) is 0 Å². The molecule has 0 saturated carbocycles. The average Bonchev–Trinajstić information content (AvgIpc) is 2.92. The van der Waals surface area contributed by atoms with Crippen molar-refractivity contribution < 1.29 is 8.42 Å². The van der Waals surface area contributed by atoms with Crippen LogP contribution in [0.4, 0.5) is 0 Å². The third-order valence-corrected chi connectivity index (χ3v) is 7.73. The Morgan fingerprint density at radius 3 is 2.76 bits per heavy atom. The van der Waals surface area contributed by atoms with Crippen molar-refractivity contribution in [1.82, 2.24) is 18.5 Å². The van der Waals surface area contributed by atoms with E-state index in [9.17, 15) is 8.42 Å². The molecule has 3 atom stereocenters. The average molecular weight is 362 g/mol. The molecule has 1 aliphatic carbocycles. The van der Waals surface area contributed by atoms with Gasteiger partial charge in [-0.05, 0) is 37.1 Å². The fourth-order valence-corrected chi connectivity index (χ4v) is 5.63. The SMILES string of the molecule is CNS(=O)(=O)N(C)[C@H]1CC2c3cccc4c3c(cn4C)C[C@H]2N(C)C1. The highest BCUT2D eigenvalue weighted by molar-refractivity contribution is 7.87. The molecular formula is C18H26N4O2S. The van der Waals surface area contributed by atoms with Crippen LogP contribution in [-0.2, 0) is 23.7 Å². The molecule has 0 bridgehead atoms. The molecule has 1 N–H and O–H groups in total. The zero-order valence-electron chi connectivity index (χ0n) is 15.2. The zero-order valence-corrected chi connectivity index (χ0v) is 16.0. The molecule has 7 heteroatoms. The van der Waals surface area contributed by atoms with E-state index in [0.717, 1.165) is 19.4 Å². The van der Waals surface area contributed by atoms with Crippen molar-refractivity contribution in [2.75, 3.05) is 27.7 Å². The van der Waals surface area contributed by atoms with E-state index in [0.29, 0.717) is 12.0 Å². The Labute approximate surface area is 149 Å². The number of fused-ring (bicyclic) bond motifs is 2. The van der Waals surface area contributed by atoms with E-state index < -0.39 is 10.2 Å². The number of hydrogen-bond donors (Lipinski definition) is 1. The summed E-state index contributed by atoms with van der Waals surface area (Å²) in [6.07, 6.45) is 4.15. The Bertz CT molecular complexity index is 921. The molecule has 1 aliphatic heterocycles. The first-order valence-electron chi connectivity index (χ1n) is 8.77. The fraction of sp³-hybridized carbons (Fsp3) is 0.556. The van der Waals surface area contributed by atoms with Crippen molar-refractivity contribution in [1.29, 1.82) is 0 Å². The second kappa shape index (κ2) is 5.81. The molecule has 25 heavy (non-hydrogen) atoms. The Morgan fingerprint density at radius 1 is 1.28 bits per heavy atom. The molecule has 136 valence electrons. The smallest absolute Gasteiger partial charge is 0.279 e. The number of piperidine rings is 1. The van der Waals surface area contributed by atoms with Crippen molar-refractivity contribution in [3.63, 3.8) is 0 Å². The lowest BCUT2D eigenvalue weighted by Crippen LogP contribution is -2.56. The summed E-state index contributed by atoms with van der Waals surface area (Å²) in [5, 5.41) is 1.37. The van der Waals surface area contributed by atoms with E-state index >= 15 is 0 Å². The number of nitrogens with one attached hydrogen (secondary N) is 1. The molecule has 0 spiro atoms. The monoisotopic (exact) mass is 362 g/mol. The first-order valence-corrected chi connectivity index (χ1v) is 10.2. The molecule has 1 saturated heterocycles. The van der Waals surface area contributed by atoms with Crippen LogP contribution >= 0.6 is 0 Å². The van der Waals surface area contributed by atoms with Gasteiger partial charge in [0.25, 0.3) is 10.2 Å². The Kier molecular flexibility index (Phi) is 3.95. The lowest BCUT2D eigenvalue weighted by Gasteiger charge is -2.47. The Hall–Kier alpha value is -1.41. The standard InChI is InChI=1S/C18H26N4O2S/c1-19-25(23,24)22(4)13-9-15-14-6-5-7-16-18(14)12(10-20(16)2)8-17(15)21(3)11-13/h5-7,10,13,15,17,19H,8-9,11H2,1-4H3/t13-,15?,17+/m0/s1. The maximum Gasteiger partial charge on any atom is 0.279 e. The van der Waals surface area contributed by atoms with Crippen molar-refractivity contribution in [2.24, 2.45) is 7.05 Å². The highest BCUT2D eigenvalue weighted by Crippen LogP contribution is 2.44. The predicted molar refractivity (Wildman–Crippen MR) is 99.9 cm³/mol. The second-order valence-electron chi connectivity index (χ2n) is 7.44. The predicted octanol–water partition coefficient (Wildman–Crippen LogP) is 1.29. The Morgan fingerprint density at radius 2 is 2.04 bits per heavy atom. The number of hydrogen-bond acceptors (Lipinski definition) is 3. The van der Waals surface area contributed by atoms with E-state index in [1.54, 1.807) is 7.05 Å². The van der Waals surface area contributed by atoms with Gasteiger partial charge in [0.1, 0.15) is 0 Å². The lowest BCUT2D eigenvalue weighted by atomic mass is 9.74. The first-order chi connectivity index (χ1) is 11.8. The number of aromatic nitrogens is 1. The van der Waals surface area contributed by atoms with E-state index in [1.165, 1.54) is 33.4 Å². The van der Waals surface area contributed by atoms with Crippen LogP contribution in [0.15, 0.2) is 24.4 Å². The van der Waals surface area contributed by atoms with Crippen molar-refractivity contribution in [3.8, 4) is 0 Å². The summed E-state index contributed by atoms with van der Waals surface area (Å²) in [4.78, 5) is 2.34. The normalized spacial score (nSPS) is 27.0. The van der Waals surface area contributed by atoms with Crippen LogP contribution in [0, 0.1) is 0 Å². The Balaban J connectivity index is 1.76. The molecule has 0 radical (unpaired) electrons. The quantitative estimate of drug-likeness (QED) is 0.895. The highest BCUT2D eigenvalue weighted by atomic mass is 32.2. The molecular weight excluding hydrogens is 336 g/mol. The molecule has 1 unspecified atom stereocenters. The molecule has 2 heterocycles. The van der Waals surface area contributed by atoms with Crippen LogP contribution in [0.5, 0.6) is 0 Å². The molecule has 2 aromatic rings. The lowest BCUT2D eigenvalue weighted by molar-refractivity contribution is 0.104. The minimum atomic E-state index is -3.41. The van der Waals surface area contributed by atoms with Crippen LogP contribution in [0.25, 0.3) is 10.9 Å². The number of benzene rings is 1. The third kappa shape index (κ3) is 2.52. The highest BCUT2D eigenvalue weighted by Gasteiger charge is 2.42. The maximum atomic E-state index is 12.3. The largest absolute Gasteiger partial charge is 0.350 e. The van der Waals surface area contributed by atoms with Crippen LogP contribution in [-0.4, -0.2) is 62.0 Å². The summed E-state index contributed by atoms with van der Waals surface area (Å²) >= 11 is 0. The summed E-state index contributed by atoms with van der Waals surface area (Å²) in [6.45, 7) is 0.761. The maximum absolute atomic E-state index is 12.3. The topological polar surface area (TPSA) is 57.6 Å². The summed E-state index contributed by atoms with van der Waals surface area (Å²) in [6, 6.07) is 6.93. The van der Waals surface area contributed by atoms with Gasteiger partial charge < -0.3 is 9.47 Å². The molecule has 1 aromatic heterocycles. The van der Waals surface area contributed by atoms with Gasteiger partial charge in [0.2, 0.25) is 0 Å². The van der Waals surface area contributed by atoms with Crippen molar-refractivity contribution >= 4 is 21.1 Å². The van der Waals surface area contributed by atoms with Gasteiger partial charge >= 0.3 is 0 Å². The number of rotatable bonds is 3. The molecule has 2 aliphatic rings. The minimum absolute atomic E-state index is 0.0239. The van der Waals surface area contributed by atoms with Gasteiger partial charge in [0.05, 0.1) is 0 Å². The summed E-state index contributed by atoms with van der Waals surface area (Å²) < 4.78 is 30.7. The van der Waals surface area contributed by atoms with Gasteiger partial charge in [-0.3, -0.25) is 0 Å². The van der Waals surface area contributed by atoms with Gasteiger partial charge in [0.15, 0.2) is 0 Å². The summed E-state index contributed by atoms with van der Waals surface area (Å²) in [5.74, 6) is 0.358. The molecule has 1 aromatic carbocycles. The van der Waals surface area contributed by atoms with Gasteiger partial charge in [-0.15, -0.1) is 0 Å². The number of aryl methyl sites for hydroxylation is 1. The van der Waals surface area contributed by atoms with E-state index in [4.69, 9.17) is 0 Å². The molecule has 1 fully saturated rings.